The molecule has 0 radical (unpaired) electrons. The van der Waals surface area contributed by atoms with Crippen LogP contribution in [0.2, 0.25) is 0 Å². The Bertz CT molecular complexity index is 493. The fourth-order valence-corrected chi connectivity index (χ4v) is 3.39. The summed E-state index contributed by atoms with van der Waals surface area (Å²) in [6, 6.07) is 9.74. The van der Waals surface area contributed by atoms with Crippen molar-refractivity contribution in [2.45, 2.75) is 37.5 Å². The van der Waals surface area contributed by atoms with E-state index in [0.29, 0.717) is 26.2 Å². The third-order valence-corrected chi connectivity index (χ3v) is 4.49. The van der Waals surface area contributed by atoms with Gasteiger partial charge in [-0.2, -0.15) is 0 Å². The first-order chi connectivity index (χ1) is 10.8. The number of carbonyl (C=O) groups is 1. The molecular formula is C17H23NO4. The monoisotopic (exact) mass is 305 g/mol. The number of morpholine rings is 1. The first kappa shape index (κ1) is 15.3. The zero-order valence-corrected chi connectivity index (χ0v) is 12.9. The molecule has 1 aromatic rings. The lowest BCUT2D eigenvalue weighted by atomic mass is 10.1. The first-order valence-electron chi connectivity index (χ1n) is 7.91. The van der Waals surface area contributed by atoms with Crippen LogP contribution in [-0.2, 0) is 14.3 Å². The predicted octanol–water partition coefficient (Wildman–Crippen LogP) is 1.86. The Morgan fingerprint density at radius 3 is 2.91 bits per heavy atom. The van der Waals surface area contributed by atoms with Gasteiger partial charge in [-0.05, 0) is 25.0 Å². The third kappa shape index (κ3) is 3.25. The molecule has 1 aliphatic carbocycles. The summed E-state index contributed by atoms with van der Waals surface area (Å²) < 4.78 is 16.9. The Morgan fingerprint density at radius 2 is 2.14 bits per heavy atom. The van der Waals surface area contributed by atoms with Gasteiger partial charge in [-0.1, -0.05) is 18.2 Å². The Kier molecular flexibility index (Phi) is 4.95. The van der Waals surface area contributed by atoms with E-state index in [1.54, 1.807) is 7.11 Å². The summed E-state index contributed by atoms with van der Waals surface area (Å²) in [5.74, 6) is 0.946. The van der Waals surface area contributed by atoms with E-state index in [2.05, 4.69) is 0 Å². The second-order valence-corrected chi connectivity index (χ2v) is 5.75. The van der Waals surface area contributed by atoms with Crippen LogP contribution in [0.3, 0.4) is 0 Å². The van der Waals surface area contributed by atoms with Crippen LogP contribution in [0.4, 0.5) is 0 Å². The van der Waals surface area contributed by atoms with E-state index < -0.39 is 0 Å². The SMILES string of the molecule is CO[C@@H]1CC[C@@H]2[C@@H]1OCCN2C(=O)CCOc1ccccc1. The smallest absolute Gasteiger partial charge is 0.226 e. The van der Waals surface area contributed by atoms with Crippen LogP contribution in [0, 0.1) is 0 Å². The molecule has 5 nitrogen and oxygen atoms in total. The largest absolute Gasteiger partial charge is 0.493 e. The van der Waals surface area contributed by atoms with Crippen LogP contribution in [-0.4, -0.2) is 55.9 Å². The van der Waals surface area contributed by atoms with Crippen LogP contribution in [0.5, 0.6) is 5.75 Å². The number of hydrogen-bond acceptors (Lipinski definition) is 4. The van der Waals surface area contributed by atoms with Crippen molar-refractivity contribution in [3.8, 4) is 5.75 Å². The molecular weight excluding hydrogens is 282 g/mol. The van der Waals surface area contributed by atoms with Gasteiger partial charge in [0.15, 0.2) is 0 Å². The number of para-hydroxylation sites is 1. The summed E-state index contributed by atoms with van der Waals surface area (Å²) in [7, 11) is 1.71. The van der Waals surface area contributed by atoms with Gasteiger partial charge in [0.2, 0.25) is 5.91 Å². The summed E-state index contributed by atoms with van der Waals surface area (Å²) >= 11 is 0. The molecule has 2 fully saturated rings. The zero-order valence-electron chi connectivity index (χ0n) is 12.9. The number of ether oxygens (including phenoxy) is 3. The van der Waals surface area contributed by atoms with Gasteiger partial charge in [0.25, 0.3) is 0 Å². The van der Waals surface area contributed by atoms with Crippen molar-refractivity contribution in [1.29, 1.82) is 0 Å². The second kappa shape index (κ2) is 7.11. The van der Waals surface area contributed by atoms with Gasteiger partial charge in [-0.15, -0.1) is 0 Å². The number of nitrogens with zero attached hydrogens (tertiary/aromatic N) is 1. The molecule has 0 unspecified atom stereocenters. The third-order valence-electron chi connectivity index (χ3n) is 4.49. The van der Waals surface area contributed by atoms with Crippen molar-refractivity contribution in [1.82, 2.24) is 4.90 Å². The molecule has 1 amide bonds. The van der Waals surface area contributed by atoms with Crippen LogP contribution >= 0.6 is 0 Å². The fraction of sp³-hybridized carbons (Fsp3) is 0.588. The van der Waals surface area contributed by atoms with Gasteiger partial charge in [0.1, 0.15) is 11.9 Å². The Morgan fingerprint density at radius 1 is 1.32 bits per heavy atom. The molecule has 3 rings (SSSR count). The van der Waals surface area contributed by atoms with Crippen molar-refractivity contribution < 1.29 is 19.0 Å². The van der Waals surface area contributed by atoms with Crippen molar-refractivity contribution in [3.05, 3.63) is 30.3 Å². The molecule has 1 saturated carbocycles. The van der Waals surface area contributed by atoms with Crippen LogP contribution in [0.25, 0.3) is 0 Å². The average Bonchev–Trinajstić information content (AvgIpc) is 2.99. The van der Waals surface area contributed by atoms with E-state index in [4.69, 9.17) is 14.2 Å². The lowest BCUT2D eigenvalue weighted by Gasteiger charge is -2.39. The number of benzene rings is 1. The van der Waals surface area contributed by atoms with Gasteiger partial charge in [-0.3, -0.25) is 4.79 Å². The topological polar surface area (TPSA) is 48.0 Å². The molecule has 0 N–H and O–H groups in total. The maximum Gasteiger partial charge on any atom is 0.226 e. The van der Waals surface area contributed by atoms with E-state index in [-0.39, 0.29) is 24.2 Å². The molecule has 0 aromatic heterocycles. The molecule has 0 bridgehead atoms. The molecule has 0 spiro atoms. The van der Waals surface area contributed by atoms with E-state index in [9.17, 15) is 4.79 Å². The number of methoxy groups -OCH3 is 1. The normalized spacial score (nSPS) is 27.5. The summed E-state index contributed by atoms with van der Waals surface area (Å²) in [6.07, 6.45) is 2.44. The maximum absolute atomic E-state index is 12.5. The molecule has 1 heterocycles. The molecule has 1 saturated heterocycles. The minimum Gasteiger partial charge on any atom is -0.493 e. The number of carbonyl (C=O) groups excluding carboxylic acids is 1. The first-order valence-corrected chi connectivity index (χ1v) is 7.91. The van der Waals surface area contributed by atoms with Crippen LogP contribution in [0.15, 0.2) is 30.3 Å². The molecule has 1 aliphatic heterocycles. The molecule has 2 aliphatic rings. The Balaban J connectivity index is 1.51. The van der Waals surface area contributed by atoms with Crippen molar-refractivity contribution >= 4 is 5.91 Å². The van der Waals surface area contributed by atoms with E-state index >= 15 is 0 Å². The molecule has 3 atom stereocenters. The van der Waals surface area contributed by atoms with E-state index in [0.717, 1.165) is 18.6 Å². The van der Waals surface area contributed by atoms with Crippen LogP contribution in [0.1, 0.15) is 19.3 Å². The van der Waals surface area contributed by atoms with Gasteiger partial charge < -0.3 is 19.1 Å². The molecule has 5 heteroatoms. The average molecular weight is 305 g/mol. The minimum absolute atomic E-state index is 0.0257. The summed E-state index contributed by atoms with van der Waals surface area (Å²) in [6.45, 7) is 1.67. The Hall–Kier alpha value is -1.59. The summed E-state index contributed by atoms with van der Waals surface area (Å²) in [5.41, 5.74) is 0. The van der Waals surface area contributed by atoms with Gasteiger partial charge in [-0.25, -0.2) is 0 Å². The highest BCUT2D eigenvalue weighted by atomic mass is 16.5. The number of hydrogen-bond donors (Lipinski definition) is 0. The summed E-state index contributed by atoms with van der Waals surface area (Å²) in [4.78, 5) is 14.4. The van der Waals surface area contributed by atoms with E-state index in [1.807, 2.05) is 35.2 Å². The standard InChI is InChI=1S/C17H23NO4/c1-20-15-8-7-14-17(15)22-12-10-18(14)16(19)9-11-21-13-5-3-2-4-6-13/h2-6,14-15,17H,7-12H2,1H3/t14-,15-,17+/m1/s1. The van der Waals surface area contributed by atoms with Gasteiger partial charge in [0, 0.05) is 13.7 Å². The quantitative estimate of drug-likeness (QED) is 0.833. The van der Waals surface area contributed by atoms with E-state index in [1.165, 1.54) is 0 Å². The zero-order chi connectivity index (χ0) is 15.4. The molecule has 120 valence electrons. The fourth-order valence-electron chi connectivity index (χ4n) is 3.39. The highest BCUT2D eigenvalue weighted by molar-refractivity contribution is 5.77. The number of fused-ring (bicyclic) bond motifs is 1. The lowest BCUT2D eigenvalue weighted by Crippen LogP contribution is -2.54. The van der Waals surface area contributed by atoms with Crippen molar-refractivity contribution in [2.75, 3.05) is 26.9 Å². The summed E-state index contributed by atoms with van der Waals surface area (Å²) in [5, 5.41) is 0. The van der Waals surface area contributed by atoms with Crippen molar-refractivity contribution in [2.24, 2.45) is 0 Å². The lowest BCUT2D eigenvalue weighted by molar-refractivity contribution is -0.150. The van der Waals surface area contributed by atoms with Gasteiger partial charge >= 0.3 is 0 Å². The Labute approximate surface area is 131 Å². The number of amides is 1. The number of rotatable bonds is 5. The molecule has 1 aromatic carbocycles. The van der Waals surface area contributed by atoms with Crippen molar-refractivity contribution in [3.63, 3.8) is 0 Å². The minimum atomic E-state index is 0.0257. The maximum atomic E-state index is 12.5. The highest BCUT2D eigenvalue weighted by Gasteiger charge is 2.44. The second-order valence-electron chi connectivity index (χ2n) is 5.75. The van der Waals surface area contributed by atoms with Gasteiger partial charge in [0.05, 0.1) is 31.8 Å². The highest BCUT2D eigenvalue weighted by Crippen LogP contribution is 2.32. The van der Waals surface area contributed by atoms with Crippen LogP contribution < -0.4 is 4.74 Å². The predicted molar refractivity (Wildman–Crippen MR) is 81.8 cm³/mol. The molecule has 22 heavy (non-hydrogen) atoms.